The molecule has 1 aromatic rings. The van der Waals surface area contributed by atoms with Gasteiger partial charge in [-0.3, -0.25) is 0 Å². The molecule has 2 unspecified atom stereocenters. The third kappa shape index (κ3) is 1.86. The smallest absolute Gasteiger partial charge is 0.119 e. The average molecular weight is 205 g/mol. The molecule has 0 bridgehead atoms. The highest BCUT2D eigenvalue weighted by atomic mass is 16.5. The van der Waals surface area contributed by atoms with Gasteiger partial charge in [0.15, 0.2) is 0 Å². The van der Waals surface area contributed by atoms with Crippen LogP contribution in [0, 0.1) is 0 Å². The minimum Gasteiger partial charge on any atom is -0.497 e. The Morgan fingerprint density at radius 2 is 2.27 bits per heavy atom. The molecule has 1 aromatic carbocycles. The number of nitrogens with two attached hydrogens (primary N) is 1. The van der Waals surface area contributed by atoms with Gasteiger partial charge in [-0.1, -0.05) is 13.0 Å². The summed E-state index contributed by atoms with van der Waals surface area (Å²) in [5.41, 5.74) is 9.00. The van der Waals surface area contributed by atoms with E-state index in [1.807, 2.05) is 6.07 Å². The Kier molecular flexibility index (Phi) is 2.96. The summed E-state index contributed by atoms with van der Waals surface area (Å²) >= 11 is 0. The second kappa shape index (κ2) is 4.23. The lowest BCUT2D eigenvalue weighted by atomic mass is 9.78. The van der Waals surface area contributed by atoms with E-state index in [4.69, 9.17) is 10.5 Å². The first-order valence-electron chi connectivity index (χ1n) is 5.68. The van der Waals surface area contributed by atoms with Crippen molar-refractivity contribution >= 4 is 0 Å². The molecule has 0 aromatic heterocycles. The fraction of sp³-hybridized carbons (Fsp3) is 0.538. The van der Waals surface area contributed by atoms with Crippen LogP contribution in [0.3, 0.4) is 0 Å². The van der Waals surface area contributed by atoms with Crippen molar-refractivity contribution in [2.24, 2.45) is 5.73 Å². The lowest BCUT2D eigenvalue weighted by molar-refractivity contribution is 0.409. The third-order valence-electron chi connectivity index (χ3n) is 3.46. The second-order valence-corrected chi connectivity index (χ2v) is 4.28. The molecular weight excluding hydrogens is 186 g/mol. The molecule has 0 aliphatic heterocycles. The molecular formula is C13H19NO. The molecule has 82 valence electrons. The van der Waals surface area contributed by atoms with E-state index in [1.54, 1.807) is 7.11 Å². The zero-order valence-corrected chi connectivity index (χ0v) is 9.49. The molecule has 2 rings (SSSR count). The van der Waals surface area contributed by atoms with Crippen molar-refractivity contribution in [3.8, 4) is 5.75 Å². The number of aryl methyl sites for hydroxylation is 1. The average Bonchev–Trinajstić information content (AvgIpc) is 2.28. The van der Waals surface area contributed by atoms with E-state index in [0.717, 1.165) is 25.0 Å². The van der Waals surface area contributed by atoms with Gasteiger partial charge >= 0.3 is 0 Å². The zero-order chi connectivity index (χ0) is 10.8. The topological polar surface area (TPSA) is 35.2 Å². The molecule has 2 nitrogen and oxygen atoms in total. The molecule has 1 aliphatic rings. The molecule has 0 radical (unpaired) electrons. The highest BCUT2D eigenvalue weighted by molar-refractivity contribution is 5.40. The molecule has 0 spiro atoms. The predicted octanol–water partition coefficient (Wildman–Crippen LogP) is 2.46. The number of hydrogen-bond donors (Lipinski definition) is 1. The number of benzene rings is 1. The van der Waals surface area contributed by atoms with Crippen LogP contribution in [0.25, 0.3) is 0 Å². The minimum absolute atomic E-state index is 0.314. The first-order valence-corrected chi connectivity index (χ1v) is 5.68. The van der Waals surface area contributed by atoms with Crippen molar-refractivity contribution < 1.29 is 4.74 Å². The van der Waals surface area contributed by atoms with E-state index in [-0.39, 0.29) is 0 Å². The largest absolute Gasteiger partial charge is 0.497 e. The molecule has 2 N–H and O–H groups in total. The lowest BCUT2D eigenvalue weighted by Gasteiger charge is -2.30. The summed E-state index contributed by atoms with van der Waals surface area (Å²) in [7, 11) is 1.71. The first-order chi connectivity index (χ1) is 7.26. The van der Waals surface area contributed by atoms with Gasteiger partial charge in [0.05, 0.1) is 7.11 Å². The normalized spacial score (nSPS) is 24.7. The Morgan fingerprint density at radius 1 is 1.47 bits per heavy atom. The van der Waals surface area contributed by atoms with E-state index >= 15 is 0 Å². The van der Waals surface area contributed by atoms with Gasteiger partial charge in [0.25, 0.3) is 0 Å². The number of rotatable bonds is 2. The van der Waals surface area contributed by atoms with Crippen LogP contribution in [0.2, 0.25) is 0 Å². The summed E-state index contributed by atoms with van der Waals surface area (Å²) < 4.78 is 5.27. The molecule has 15 heavy (non-hydrogen) atoms. The van der Waals surface area contributed by atoms with Crippen LogP contribution in [0.5, 0.6) is 5.75 Å². The van der Waals surface area contributed by atoms with Gasteiger partial charge in [-0.25, -0.2) is 0 Å². The predicted molar refractivity (Wildman–Crippen MR) is 62.3 cm³/mol. The fourth-order valence-corrected chi connectivity index (χ4v) is 2.55. The Hall–Kier alpha value is -1.02. The van der Waals surface area contributed by atoms with Crippen molar-refractivity contribution in [1.29, 1.82) is 0 Å². The van der Waals surface area contributed by atoms with Gasteiger partial charge < -0.3 is 10.5 Å². The van der Waals surface area contributed by atoms with Crippen LogP contribution in [-0.4, -0.2) is 13.2 Å². The second-order valence-electron chi connectivity index (χ2n) is 4.28. The van der Waals surface area contributed by atoms with Crippen LogP contribution in [-0.2, 0) is 6.42 Å². The monoisotopic (exact) mass is 205 g/mol. The summed E-state index contributed by atoms with van der Waals surface area (Å²) in [5, 5.41) is 0. The van der Waals surface area contributed by atoms with Crippen molar-refractivity contribution in [1.82, 2.24) is 0 Å². The molecule has 0 fully saturated rings. The Bertz CT molecular complexity index is 348. The van der Waals surface area contributed by atoms with Crippen molar-refractivity contribution in [2.45, 2.75) is 38.1 Å². The molecule has 1 aliphatic carbocycles. The summed E-state index contributed by atoms with van der Waals surface area (Å²) in [6.45, 7) is 2.21. The minimum atomic E-state index is 0.314. The third-order valence-corrected chi connectivity index (χ3v) is 3.46. The standard InChI is InChI=1S/C13H19NO/c1-3-11-12-8-10(15-2)6-4-9(12)5-7-13(11)14/h4,6,8,11,13H,3,5,7,14H2,1-2H3. The number of methoxy groups -OCH3 is 1. The molecule has 2 atom stereocenters. The van der Waals surface area contributed by atoms with Gasteiger partial charge in [0.1, 0.15) is 5.75 Å². The molecule has 0 amide bonds. The zero-order valence-electron chi connectivity index (χ0n) is 9.49. The SMILES string of the molecule is CCC1c2cc(OC)ccc2CCC1N. The van der Waals surface area contributed by atoms with Crippen LogP contribution in [0.1, 0.15) is 36.8 Å². The Labute approximate surface area is 91.4 Å². The Morgan fingerprint density at radius 3 is 2.93 bits per heavy atom. The summed E-state index contributed by atoms with van der Waals surface area (Å²) in [6.07, 6.45) is 3.33. The van der Waals surface area contributed by atoms with E-state index in [0.29, 0.717) is 12.0 Å². The fourth-order valence-electron chi connectivity index (χ4n) is 2.55. The van der Waals surface area contributed by atoms with Crippen LogP contribution in [0.4, 0.5) is 0 Å². The van der Waals surface area contributed by atoms with E-state index in [2.05, 4.69) is 19.1 Å². The summed E-state index contributed by atoms with van der Waals surface area (Å²) in [6, 6.07) is 6.70. The van der Waals surface area contributed by atoms with E-state index < -0.39 is 0 Å². The highest BCUT2D eigenvalue weighted by Crippen LogP contribution is 2.35. The maximum atomic E-state index is 6.16. The van der Waals surface area contributed by atoms with Crippen LogP contribution in [0.15, 0.2) is 18.2 Å². The first kappa shape index (κ1) is 10.5. The van der Waals surface area contributed by atoms with Crippen molar-refractivity contribution in [3.63, 3.8) is 0 Å². The van der Waals surface area contributed by atoms with Gasteiger partial charge in [-0.2, -0.15) is 0 Å². The summed E-state index contributed by atoms with van der Waals surface area (Å²) in [5.74, 6) is 1.45. The van der Waals surface area contributed by atoms with Crippen molar-refractivity contribution in [3.05, 3.63) is 29.3 Å². The Balaban J connectivity index is 2.41. The molecule has 0 saturated carbocycles. The molecule has 0 heterocycles. The quantitative estimate of drug-likeness (QED) is 0.805. The highest BCUT2D eigenvalue weighted by Gasteiger charge is 2.25. The van der Waals surface area contributed by atoms with E-state index in [9.17, 15) is 0 Å². The molecule has 0 saturated heterocycles. The van der Waals surface area contributed by atoms with Gasteiger partial charge in [0, 0.05) is 6.04 Å². The van der Waals surface area contributed by atoms with Gasteiger partial charge in [0.2, 0.25) is 0 Å². The molecule has 2 heteroatoms. The van der Waals surface area contributed by atoms with Crippen LogP contribution < -0.4 is 10.5 Å². The number of hydrogen-bond acceptors (Lipinski definition) is 2. The van der Waals surface area contributed by atoms with Gasteiger partial charge in [-0.15, -0.1) is 0 Å². The number of fused-ring (bicyclic) bond motifs is 1. The maximum Gasteiger partial charge on any atom is 0.119 e. The lowest BCUT2D eigenvalue weighted by Crippen LogP contribution is -2.32. The van der Waals surface area contributed by atoms with Gasteiger partial charge in [-0.05, 0) is 48.4 Å². The summed E-state index contributed by atoms with van der Waals surface area (Å²) in [4.78, 5) is 0. The van der Waals surface area contributed by atoms with Crippen LogP contribution >= 0.6 is 0 Å². The van der Waals surface area contributed by atoms with Crippen molar-refractivity contribution in [2.75, 3.05) is 7.11 Å². The number of ether oxygens (including phenoxy) is 1. The van der Waals surface area contributed by atoms with E-state index in [1.165, 1.54) is 11.1 Å². The maximum absolute atomic E-state index is 6.16.